The molecule has 178 valence electrons. The maximum atomic E-state index is 12.6. The molecule has 0 saturated heterocycles. The first kappa shape index (κ1) is 23.1. The predicted octanol–water partition coefficient (Wildman–Crippen LogP) is 6.00. The number of carboxylic acid groups (broad SMARTS) is 1. The molecule has 0 spiro atoms. The van der Waals surface area contributed by atoms with Crippen LogP contribution in [0.1, 0.15) is 53.7 Å². The molecule has 9 heteroatoms. The monoisotopic (exact) mass is 505 g/mol. The van der Waals surface area contributed by atoms with Crippen LogP contribution in [-0.4, -0.2) is 26.9 Å². The van der Waals surface area contributed by atoms with Crippen molar-refractivity contribution in [3.8, 4) is 11.8 Å². The van der Waals surface area contributed by atoms with Gasteiger partial charge in [-0.05, 0) is 44.4 Å². The second kappa shape index (κ2) is 9.21. The number of aromatic nitrogens is 2. The number of fused-ring (bicyclic) bond motifs is 1. The Morgan fingerprint density at radius 1 is 1.20 bits per heavy atom. The molecule has 0 unspecified atom stereocenters. The number of hydrogen-bond acceptors (Lipinski definition) is 6. The average Bonchev–Trinajstić information content (AvgIpc) is 3.24. The Labute approximate surface area is 210 Å². The lowest BCUT2D eigenvalue weighted by molar-refractivity contribution is -0.139. The summed E-state index contributed by atoms with van der Waals surface area (Å²) in [7, 11) is 0. The van der Waals surface area contributed by atoms with Gasteiger partial charge in [-0.1, -0.05) is 42.2 Å². The first-order valence-corrected chi connectivity index (χ1v) is 12.9. The molecular weight excluding hydrogens is 482 g/mol. The molecule has 1 aliphatic rings. The highest BCUT2D eigenvalue weighted by molar-refractivity contribution is 7.28. The number of carboxylic acids is 1. The van der Waals surface area contributed by atoms with Crippen LogP contribution in [0, 0.1) is 11.8 Å². The molecule has 3 aromatic heterocycles. The molecule has 5 rings (SSSR count). The summed E-state index contributed by atoms with van der Waals surface area (Å²) in [6.07, 6.45) is 2.06. The summed E-state index contributed by atoms with van der Waals surface area (Å²) >= 11 is 3.07. The number of nitrogens with zero attached hydrogens (tertiary/aromatic N) is 2. The lowest BCUT2D eigenvalue weighted by Crippen LogP contribution is -2.19. The Morgan fingerprint density at radius 3 is 2.60 bits per heavy atom. The van der Waals surface area contributed by atoms with Crippen molar-refractivity contribution in [3.63, 3.8) is 0 Å². The van der Waals surface area contributed by atoms with Gasteiger partial charge in [0.05, 0.1) is 16.6 Å². The summed E-state index contributed by atoms with van der Waals surface area (Å²) in [5, 5.41) is 16.7. The highest BCUT2D eigenvalue weighted by atomic mass is 32.1. The van der Waals surface area contributed by atoms with Crippen LogP contribution in [0.25, 0.3) is 9.40 Å². The molecule has 35 heavy (non-hydrogen) atoms. The number of carbonyl (C=O) groups is 2. The van der Waals surface area contributed by atoms with Crippen molar-refractivity contribution < 1.29 is 19.4 Å². The largest absolute Gasteiger partial charge is 0.481 e. The van der Waals surface area contributed by atoms with Gasteiger partial charge in [-0.15, -0.1) is 22.7 Å². The molecule has 4 aromatic rings. The molecule has 1 aromatic carbocycles. The number of ether oxygens (including phenoxy) is 1. The number of hydrogen-bond donors (Lipinski definition) is 2. The van der Waals surface area contributed by atoms with Crippen LogP contribution in [0.3, 0.4) is 0 Å². The first-order valence-electron chi connectivity index (χ1n) is 11.3. The molecule has 1 atom stereocenters. The van der Waals surface area contributed by atoms with E-state index in [0.29, 0.717) is 30.8 Å². The SMILES string of the molecule is CCn1ncc(C#Cc2cc3sc(C4(C(=O)O)CC4)cc3s2)c1NC(=O)O[C@H](C)c1ccccc1. The third-order valence-corrected chi connectivity index (χ3v) is 8.48. The van der Waals surface area contributed by atoms with Crippen LogP contribution in [-0.2, 0) is 21.5 Å². The van der Waals surface area contributed by atoms with Crippen LogP contribution >= 0.6 is 22.7 Å². The van der Waals surface area contributed by atoms with Gasteiger partial charge in [0.15, 0.2) is 0 Å². The van der Waals surface area contributed by atoms with Gasteiger partial charge in [0.2, 0.25) is 0 Å². The summed E-state index contributed by atoms with van der Waals surface area (Å²) in [5.41, 5.74) is 0.817. The molecule has 0 radical (unpaired) electrons. The number of benzene rings is 1. The minimum Gasteiger partial charge on any atom is -0.481 e. The van der Waals surface area contributed by atoms with Gasteiger partial charge in [0.25, 0.3) is 0 Å². The topological polar surface area (TPSA) is 93.5 Å². The van der Waals surface area contributed by atoms with E-state index in [4.69, 9.17) is 4.74 Å². The van der Waals surface area contributed by atoms with Crippen molar-refractivity contribution in [2.45, 2.75) is 44.8 Å². The molecular formula is C26H23N3O4S2. The average molecular weight is 506 g/mol. The summed E-state index contributed by atoms with van der Waals surface area (Å²) in [6.45, 7) is 4.32. The third-order valence-electron chi connectivity index (χ3n) is 6.07. The van der Waals surface area contributed by atoms with Crippen molar-refractivity contribution >= 4 is 50.0 Å². The number of carbonyl (C=O) groups excluding carboxylic acids is 1. The number of amides is 1. The summed E-state index contributed by atoms with van der Waals surface area (Å²) in [6, 6.07) is 13.5. The molecule has 1 amide bonds. The molecule has 3 heterocycles. The Balaban J connectivity index is 1.33. The highest BCUT2D eigenvalue weighted by Gasteiger charge is 2.53. The van der Waals surface area contributed by atoms with E-state index in [0.717, 1.165) is 24.7 Å². The fourth-order valence-corrected chi connectivity index (χ4v) is 6.37. The molecule has 2 N–H and O–H groups in total. The number of aliphatic carboxylic acids is 1. The van der Waals surface area contributed by atoms with Gasteiger partial charge in [-0.25, -0.2) is 9.48 Å². The smallest absolute Gasteiger partial charge is 0.413 e. The Bertz CT molecular complexity index is 1440. The van der Waals surface area contributed by atoms with Gasteiger partial charge in [-0.2, -0.15) is 5.10 Å². The van der Waals surface area contributed by atoms with Crippen LogP contribution in [0.5, 0.6) is 0 Å². The second-order valence-corrected chi connectivity index (χ2v) is 10.6. The molecule has 0 bridgehead atoms. The van der Waals surface area contributed by atoms with Crippen LogP contribution in [0.4, 0.5) is 10.6 Å². The quantitative estimate of drug-likeness (QED) is 0.313. The Kier molecular flexibility index (Phi) is 6.09. The maximum Gasteiger partial charge on any atom is 0.413 e. The minimum atomic E-state index is -0.740. The number of aryl methyl sites for hydroxylation is 1. The van der Waals surface area contributed by atoms with E-state index in [9.17, 15) is 14.7 Å². The second-order valence-electron chi connectivity index (χ2n) is 8.39. The zero-order chi connectivity index (χ0) is 24.6. The minimum absolute atomic E-state index is 0.399. The molecule has 1 saturated carbocycles. The predicted molar refractivity (Wildman–Crippen MR) is 137 cm³/mol. The number of anilines is 1. The van der Waals surface area contributed by atoms with E-state index in [-0.39, 0.29) is 0 Å². The maximum absolute atomic E-state index is 12.6. The van der Waals surface area contributed by atoms with Gasteiger partial charge in [0.1, 0.15) is 17.3 Å². The van der Waals surface area contributed by atoms with Crippen LogP contribution < -0.4 is 5.32 Å². The standard InChI is InChI=1S/C26H23N3O4S2/c1-3-29-23(28-25(32)33-16(2)17-7-5-4-6-8-17)18(15-27-29)9-10-19-13-20-21(34-19)14-22(35-20)26(11-12-26)24(30)31/h4-8,13-16H,3,11-12H2,1-2H3,(H,28,32)(H,30,31)/t16-/m1/s1. The first-order chi connectivity index (χ1) is 16.9. The fourth-order valence-electron chi connectivity index (χ4n) is 3.88. The molecule has 0 aliphatic heterocycles. The Hall–Kier alpha value is -3.61. The van der Waals surface area contributed by atoms with E-state index < -0.39 is 23.6 Å². The third kappa shape index (κ3) is 4.55. The van der Waals surface area contributed by atoms with Crippen molar-refractivity contribution in [1.29, 1.82) is 0 Å². The molecule has 1 fully saturated rings. The van der Waals surface area contributed by atoms with Gasteiger partial charge >= 0.3 is 12.1 Å². The van der Waals surface area contributed by atoms with Crippen LogP contribution in [0.15, 0.2) is 48.7 Å². The van der Waals surface area contributed by atoms with E-state index >= 15 is 0 Å². The van der Waals surface area contributed by atoms with Crippen molar-refractivity contribution in [2.75, 3.05) is 5.32 Å². The van der Waals surface area contributed by atoms with Crippen LogP contribution in [0.2, 0.25) is 0 Å². The van der Waals surface area contributed by atoms with E-state index in [1.165, 1.54) is 22.7 Å². The van der Waals surface area contributed by atoms with Crippen molar-refractivity contribution in [2.24, 2.45) is 0 Å². The fraction of sp³-hybridized carbons (Fsp3) is 0.269. The zero-order valence-corrected chi connectivity index (χ0v) is 20.8. The summed E-state index contributed by atoms with van der Waals surface area (Å²) in [5.74, 6) is 6.03. The number of rotatable bonds is 6. The molecule has 7 nitrogen and oxygen atoms in total. The normalized spacial score (nSPS) is 14.7. The Morgan fingerprint density at radius 2 is 1.94 bits per heavy atom. The molecule has 1 aliphatic carbocycles. The zero-order valence-electron chi connectivity index (χ0n) is 19.2. The number of thiophene rings is 2. The van der Waals surface area contributed by atoms with Crippen molar-refractivity contribution in [1.82, 2.24) is 9.78 Å². The van der Waals surface area contributed by atoms with E-state index in [2.05, 4.69) is 22.3 Å². The van der Waals surface area contributed by atoms with Crippen molar-refractivity contribution in [3.05, 3.63) is 69.5 Å². The van der Waals surface area contributed by atoms with Gasteiger partial charge in [-0.3, -0.25) is 10.1 Å². The summed E-state index contributed by atoms with van der Waals surface area (Å²) < 4.78 is 9.29. The summed E-state index contributed by atoms with van der Waals surface area (Å²) in [4.78, 5) is 26.0. The van der Waals surface area contributed by atoms with E-state index in [1.807, 2.05) is 56.3 Å². The van der Waals surface area contributed by atoms with Gasteiger partial charge < -0.3 is 9.84 Å². The van der Waals surface area contributed by atoms with Gasteiger partial charge in [0, 0.05) is 20.8 Å². The lowest BCUT2D eigenvalue weighted by atomic mass is 10.1. The van der Waals surface area contributed by atoms with E-state index in [1.54, 1.807) is 10.9 Å². The highest BCUT2D eigenvalue weighted by Crippen LogP contribution is 2.52. The lowest BCUT2D eigenvalue weighted by Gasteiger charge is -2.14. The number of nitrogens with one attached hydrogen (secondary N) is 1.